The van der Waals surface area contributed by atoms with E-state index in [4.69, 9.17) is 5.73 Å². The van der Waals surface area contributed by atoms with Gasteiger partial charge in [0.15, 0.2) is 5.82 Å². The average molecular weight is 472 g/mol. The van der Waals surface area contributed by atoms with Gasteiger partial charge in [-0.05, 0) is 12.1 Å². The molecule has 34 heavy (non-hydrogen) atoms. The highest BCUT2D eigenvalue weighted by atomic mass is 19.4. The quantitative estimate of drug-likeness (QED) is 0.397. The van der Waals surface area contributed by atoms with Crippen molar-refractivity contribution in [2.75, 3.05) is 5.73 Å². The number of hydrogen-bond donors (Lipinski definition) is 1. The van der Waals surface area contributed by atoms with E-state index >= 15 is 0 Å². The van der Waals surface area contributed by atoms with E-state index in [1.54, 1.807) is 17.0 Å². The maximum absolute atomic E-state index is 14.1. The van der Waals surface area contributed by atoms with Crippen molar-refractivity contribution in [2.24, 2.45) is 0 Å². The SMILES string of the molecule is Nc1ncnc2c1c(-c1cnc(C(F)(F)F)nc1)cn2Cc1cnn(-c2ccc(F)cc2F)c1. The fourth-order valence-corrected chi connectivity index (χ4v) is 3.54. The van der Waals surface area contributed by atoms with Gasteiger partial charge in [-0.15, -0.1) is 0 Å². The Hall–Kier alpha value is -4.42. The summed E-state index contributed by atoms with van der Waals surface area (Å²) in [6, 6.07) is 3.15. The molecule has 0 spiro atoms. The zero-order chi connectivity index (χ0) is 24.0. The van der Waals surface area contributed by atoms with Crippen LogP contribution in [-0.2, 0) is 12.7 Å². The van der Waals surface area contributed by atoms with E-state index in [0.717, 1.165) is 24.5 Å². The lowest BCUT2D eigenvalue weighted by Gasteiger charge is -2.05. The summed E-state index contributed by atoms with van der Waals surface area (Å²) in [5, 5.41) is 4.54. The van der Waals surface area contributed by atoms with Crippen molar-refractivity contribution >= 4 is 16.9 Å². The molecule has 0 fully saturated rings. The third-order valence-electron chi connectivity index (χ3n) is 5.04. The van der Waals surface area contributed by atoms with E-state index in [2.05, 4.69) is 25.0 Å². The van der Waals surface area contributed by atoms with Gasteiger partial charge in [0.05, 0.1) is 18.1 Å². The van der Waals surface area contributed by atoms with E-state index in [1.165, 1.54) is 23.3 Å². The average Bonchev–Trinajstić information content (AvgIpc) is 3.39. The molecule has 0 aliphatic carbocycles. The first-order valence-corrected chi connectivity index (χ1v) is 9.68. The number of aromatic nitrogens is 7. The van der Waals surface area contributed by atoms with Gasteiger partial charge < -0.3 is 10.3 Å². The molecule has 0 radical (unpaired) electrons. The highest BCUT2D eigenvalue weighted by Gasteiger charge is 2.34. The molecule has 0 amide bonds. The number of rotatable bonds is 4. The molecule has 2 N–H and O–H groups in total. The van der Waals surface area contributed by atoms with Crippen molar-refractivity contribution in [3.8, 4) is 16.8 Å². The van der Waals surface area contributed by atoms with Crippen LogP contribution in [0.2, 0.25) is 0 Å². The van der Waals surface area contributed by atoms with Crippen molar-refractivity contribution in [2.45, 2.75) is 12.7 Å². The number of nitrogen functional groups attached to an aromatic ring is 1. The molecule has 0 aliphatic heterocycles. The van der Waals surface area contributed by atoms with Crippen molar-refractivity contribution in [3.05, 3.63) is 78.5 Å². The molecule has 0 saturated carbocycles. The molecule has 0 atom stereocenters. The Morgan fingerprint density at radius 2 is 1.71 bits per heavy atom. The van der Waals surface area contributed by atoms with Crippen molar-refractivity contribution < 1.29 is 22.0 Å². The summed E-state index contributed by atoms with van der Waals surface area (Å²) in [5.74, 6) is -2.61. The molecule has 0 bridgehead atoms. The molecular formula is C21H13F5N8. The van der Waals surface area contributed by atoms with Crippen LogP contribution >= 0.6 is 0 Å². The molecular weight excluding hydrogens is 459 g/mol. The second-order valence-corrected chi connectivity index (χ2v) is 7.31. The molecule has 4 heterocycles. The van der Waals surface area contributed by atoms with Gasteiger partial charge in [0, 0.05) is 47.5 Å². The maximum Gasteiger partial charge on any atom is 0.451 e. The largest absolute Gasteiger partial charge is 0.451 e. The van der Waals surface area contributed by atoms with Gasteiger partial charge in [-0.2, -0.15) is 18.3 Å². The van der Waals surface area contributed by atoms with E-state index in [9.17, 15) is 22.0 Å². The third-order valence-corrected chi connectivity index (χ3v) is 5.04. The van der Waals surface area contributed by atoms with Crippen molar-refractivity contribution in [1.29, 1.82) is 0 Å². The molecule has 1 aromatic carbocycles. The summed E-state index contributed by atoms with van der Waals surface area (Å²) in [6.07, 6.45) is 3.40. The summed E-state index contributed by atoms with van der Waals surface area (Å²) >= 11 is 0. The molecule has 0 aliphatic rings. The van der Waals surface area contributed by atoms with Crippen LogP contribution in [0.1, 0.15) is 11.4 Å². The summed E-state index contributed by atoms with van der Waals surface area (Å²) in [4.78, 5) is 15.0. The topological polar surface area (TPSA) is 100 Å². The van der Waals surface area contributed by atoms with E-state index in [0.29, 0.717) is 27.7 Å². The molecule has 13 heteroatoms. The van der Waals surface area contributed by atoms with Gasteiger partial charge in [-0.25, -0.2) is 33.4 Å². The lowest BCUT2D eigenvalue weighted by molar-refractivity contribution is -0.144. The van der Waals surface area contributed by atoms with Gasteiger partial charge in [0.2, 0.25) is 5.82 Å². The molecule has 5 rings (SSSR count). The van der Waals surface area contributed by atoms with Gasteiger partial charge in [-0.1, -0.05) is 0 Å². The smallest absolute Gasteiger partial charge is 0.383 e. The highest BCUT2D eigenvalue weighted by Crippen LogP contribution is 2.33. The number of halogens is 5. The number of nitrogens with two attached hydrogens (primary N) is 1. The minimum Gasteiger partial charge on any atom is -0.383 e. The minimum atomic E-state index is -4.67. The Labute approximate surface area is 187 Å². The summed E-state index contributed by atoms with van der Waals surface area (Å²) in [6.45, 7) is 0.220. The van der Waals surface area contributed by atoms with Crippen LogP contribution in [0.15, 0.2) is 55.5 Å². The first-order chi connectivity index (χ1) is 16.2. The predicted octanol–water partition coefficient (Wildman–Crippen LogP) is 4.00. The first kappa shape index (κ1) is 21.4. The highest BCUT2D eigenvalue weighted by molar-refractivity contribution is 6.00. The third kappa shape index (κ3) is 3.80. The number of fused-ring (bicyclic) bond motifs is 1. The normalized spacial score (nSPS) is 11.9. The van der Waals surface area contributed by atoms with Crippen LogP contribution in [0.3, 0.4) is 0 Å². The molecule has 0 unspecified atom stereocenters. The Morgan fingerprint density at radius 1 is 0.941 bits per heavy atom. The van der Waals surface area contributed by atoms with Gasteiger partial charge in [0.25, 0.3) is 0 Å². The van der Waals surface area contributed by atoms with Crippen molar-refractivity contribution in [3.63, 3.8) is 0 Å². The second kappa shape index (κ2) is 7.86. The van der Waals surface area contributed by atoms with Gasteiger partial charge in [0.1, 0.15) is 29.3 Å². The Bertz CT molecular complexity index is 1500. The van der Waals surface area contributed by atoms with Crippen LogP contribution in [0.5, 0.6) is 0 Å². The molecule has 172 valence electrons. The summed E-state index contributed by atoms with van der Waals surface area (Å²) in [7, 11) is 0. The maximum atomic E-state index is 14.1. The number of benzene rings is 1. The van der Waals surface area contributed by atoms with Crippen LogP contribution < -0.4 is 5.73 Å². The number of anilines is 1. The monoisotopic (exact) mass is 472 g/mol. The summed E-state index contributed by atoms with van der Waals surface area (Å²) in [5.41, 5.74) is 7.91. The molecule has 8 nitrogen and oxygen atoms in total. The van der Waals surface area contributed by atoms with E-state index in [-0.39, 0.29) is 18.1 Å². The standard InChI is InChI=1S/C21H13F5N8/c22-13-1-2-16(15(23)3-13)34-8-11(4-32-34)7-33-9-14(17-18(27)30-10-31-19(17)33)12-5-28-20(29-6-12)21(24,25)26/h1-6,8-10H,7H2,(H2,27,30,31). The number of nitrogens with zero attached hydrogens (tertiary/aromatic N) is 7. The lowest BCUT2D eigenvalue weighted by Crippen LogP contribution is -2.10. The Morgan fingerprint density at radius 3 is 2.41 bits per heavy atom. The fraction of sp³-hybridized carbons (Fsp3) is 0.0952. The number of hydrogen-bond acceptors (Lipinski definition) is 6. The summed E-state index contributed by atoms with van der Waals surface area (Å²) < 4.78 is 68.8. The fourth-order valence-electron chi connectivity index (χ4n) is 3.54. The van der Waals surface area contributed by atoms with Crippen LogP contribution in [0.4, 0.5) is 27.8 Å². The van der Waals surface area contributed by atoms with E-state index < -0.39 is 23.6 Å². The van der Waals surface area contributed by atoms with Gasteiger partial charge >= 0.3 is 6.18 Å². The van der Waals surface area contributed by atoms with E-state index in [1.807, 2.05) is 0 Å². The van der Waals surface area contributed by atoms with Crippen LogP contribution in [0, 0.1) is 11.6 Å². The number of alkyl halides is 3. The lowest BCUT2D eigenvalue weighted by atomic mass is 10.1. The minimum absolute atomic E-state index is 0.0687. The molecule has 5 aromatic rings. The van der Waals surface area contributed by atoms with Crippen molar-refractivity contribution in [1.82, 2.24) is 34.3 Å². The van der Waals surface area contributed by atoms with Crippen LogP contribution in [0.25, 0.3) is 27.8 Å². The predicted molar refractivity (Wildman–Crippen MR) is 111 cm³/mol. The zero-order valence-corrected chi connectivity index (χ0v) is 17.0. The molecule has 4 aromatic heterocycles. The first-order valence-electron chi connectivity index (χ1n) is 9.68. The zero-order valence-electron chi connectivity index (χ0n) is 17.0. The Balaban J connectivity index is 1.53. The Kier molecular flexibility index (Phi) is 4.96. The van der Waals surface area contributed by atoms with Crippen LogP contribution in [-0.4, -0.2) is 34.3 Å². The van der Waals surface area contributed by atoms with Gasteiger partial charge in [-0.3, -0.25) is 0 Å². The second-order valence-electron chi connectivity index (χ2n) is 7.31. The molecule has 0 saturated heterocycles.